The summed E-state index contributed by atoms with van der Waals surface area (Å²) < 4.78 is 105. The fourth-order valence-electron chi connectivity index (χ4n) is 4.52. The molecule has 0 radical (unpaired) electrons. The van der Waals surface area contributed by atoms with Gasteiger partial charge in [-0.1, -0.05) is 30.3 Å². The number of aliphatic hydroxyl groups excluding tert-OH is 1. The molecule has 0 saturated heterocycles. The van der Waals surface area contributed by atoms with Gasteiger partial charge in [0.15, 0.2) is 5.75 Å². The third kappa shape index (κ3) is 6.35. The fraction of sp³-hybridized carbons (Fsp3) is 0.385. The highest BCUT2D eigenvalue weighted by atomic mass is 19.4. The van der Waals surface area contributed by atoms with E-state index >= 15 is 0 Å². The Balaban J connectivity index is 1.67. The molecule has 1 unspecified atom stereocenters. The molecule has 206 valence electrons. The van der Waals surface area contributed by atoms with Gasteiger partial charge in [0, 0.05) is 18.0 Å². The van der Waals surface area contributed by atoms with Gasteiger partial charge < -0.3 is 24.2 Å². The van der Waals surface area contributed by atoms with Crippen molar-refractivity contribution >= 4 is 5.69 Å². The zero-order valence-corrected chi connectivity index (χ0v) is 20.0. The molecule has 2 aromatic rings. The van der Waals surface area contributed by atoms with Gasteiger partial charge >= 0.3 is 18.9 Å². The first kappa shape index (κ1) is 27.6. The number of hydrogen-bond acceptors (Lipinski definition) is 5. The maximum Gasteiger partial charge on any atom is 0.573 e. The predicted octanol–water partition coefficient (Wildman–Crippen LogP) is 6.53. The van der Waals surface area contributed by atoms with Crippen LogP contribution in [0.3, 0.4) is 0 Å². The number of anilines is 1. The Kier molecular flexibility index (Phi) is 7.82. The van der Waals surface area contributed by atoms with E-state index in [0.717, 1.165) is 0 Å². The summed E-state index contributed by atoms with van der Waals surface area (Å²) in [6.45, 7) is 1.69. The quantitative estimate of drug-likeness (QED) is 0.381. The van der Waals surface area contributed by atoms with E-state index in [1.165, 1.54) is 36.4 Å². The Labute approximate surface area is 213 Å². The molecular formula is C26H24F7NO4. The first-order valence-electron chi connectivity index (χ1n) is 11.6. The summed E-state index contributed by atoms with van der Waals surface area (Å²) in [5, 5.41) is 10.2. The molecule has 2 aromatic carbocycles. The Bertz CT molecular complexity index is 1200. The van der Waals surface area contributed by atoms with E-state index in [1.54, 1.807) is 31.2 Å². The lowest BCUT2D eigenvalue weighted by atomic mass is 9.89. The third-order valence-electron chi connectivity index (χ3n) is 6.01. The van der Waals surface area contributed by atoms with Gasteiger partial charge in [0.25, 0.3) is 0 Å². The Morgan fingerprint density at radius 3 is 2.50 bits per heavy atom. The first-order chi connectivity index (χ1) is 17.8. The Hall–Kier alpha value is -3.41. The maximum absolute atomic E-state index is 13.5. The van der Waals surface area contributed by atoms with Gasteiger partial charge in [-0.3, -0.25) is 0 Å². The van der Waals surface area contributed by atoms with Crippen LogP contribution in [0.15, 0.2) is 66.5 Å². The molecule has 0 saturated carbocycles. The number of β-amino-alcohol motifs (C(OH)–C–C–N with tert-alkyl or cyclic N) is 1. The number of para-hydroxylation sites is 1. The average Bonchev–Trinajstić information content (AvgIpc) is 2.82. The molecule has 1 heterocycles. The molecule has 12 heteroatoms. The Morgan fingerprint density at radius 2 is 1.82 bits per heavy atom. The second-order valence-electron chi connectivity index (χ2n) is 8.94. The molecule has 4 rings (SSSR count). The number of aliphatic hydroxyl groups is 1. The van der Waals surface area contributed by atoms with Crippen LogP contribution < -0.4 is 14.4 Å². The Morgan fingerprint density at radius 1 is 1.08 bits per heavy atom. The van der Waals surface area contributed by atoms with Gasteiger partial charge in [0.2, 0.25) is 0 Å². The van der Waals surface area contributed by atoms with E-state index in [9.17, 15) is 35.8 Å². The second kappa shape index (κ2) is 10.8. The van der Waals surface area contributed by atoms with Crippen LogP contribution in [0.5, 0.6) is 11.5 Å². The zero-order chi connectivity index (χ0) is 27.7. The molecule has 3 atom stereocenters. The minimum absolute atomic E-state index is 0.0169. The first-order valence-corrected chi connectivity index (χ1v) is 11.6. The number of ether oxygens (including phenoxy) is 3. The minimum Gasteiger partial charge on any atom is -0.489 e. The lowest BCUT2D eigenvalue weighted by molar-refractivity contribution is -0.280. The van der Waals surface area contributed by atoms with Crippen molar-refractivity contribution < 1.29 is 50.1 Å². The number of allylic oxidation sites excluding steroid dienone is 2. The van der Waals surface area contributed by atoms with E-state index in [-0.39, 0.29) is 13.2 Å². The number of fused-ring (bicyclic) bond motifs is 1. The van der Waals surface area contributed by atoms with Gasteiger partial charge in [0.1, 0.15) is 18.1 Å². The predicted molar refractivity (Wildman–Crippen MR) is 124 cm³/mol. The number of nitrogens with zero attached hydrogens (tertiary/aromatic N) is 1. The normalized spacial score (nSPS) is 20.5. The summed E-state index contributed by atoms with van der Waals surface area (Å²) in [4.78, 5) is 1.81. The van der Waals surface area contributed by atoms with Crippen LogP contribution in [0.4, 0.5) is 36.4 Å². The smallest absolute Gasteiger partial charge is 0.489 e. The van der Waals surface area contributed by atoms with Crippen LogP contribution in [0, 0.1) is 5.92 Å². The van der Waals surface area contributed by atoms with Crippen LogP contribution in [-0.2, 0) is 4.74 Å². The third-order valence-corrected chi connectivity index (χ3v) is 6.01. The fourth-order valence-corrected chi connectivity index (χ4v) is 4.52. The van der Waals surface area contributed by atoms with Gasteiger partial charge in [-0.2, -0.15) is 17.6 Å². The largest absolute Gasteiger partial charge is 0.573 e. The summed E-state index contributed by atoms with van der Waals surface area (Å²) >= 11 is 0. The van der Waals surface area contributed by atoms with Crippen molar-refractivity contribution in [2.75, 3.05) is 18.1 Å². The minimum atomic E-state index is -4.86. The molecule has 0 aromatic heterocycles. The van der Waals surface area contributed by atoms with E-state index in [2.05, 4.69) is 9.47 Å². The van der Waals surface area contributed by atoms with Crippen LogP contribution >= 0.6 is 0 Å². The number of hydrogen-bond donors (Lipinski definition) is 1. The van der Waals surface area contributed by atoms with E-state index < -0.39 is 48.5 Å². The van der Waals surface area contributed by atoms with Gasteiger partial charge in [-0.15, -0.1) is 13.2 Å². The number of halogens is 7. The standard InChI is InChI=1S/C26H24F7NO4/c1-15(35)13-34-21-10-4-9-20(16-5-2-8-19(11-16)38-26(31,32)33)23(21)36-14-22(34)17-6-3-7-18(12-17)37-25(29,30)24(27)28/h2-5,7-12,15,17,22,24,35H,6,13-14H2,1H3/t15-,17?,22+/m0/s1. The second-order valence-corrected chi connectivity index (χ2v) is 8.94. The van der Waals surface area contributed by atoms with Crippen LogP contribution in [0.1, 0.15) is 13.3 Å². The molecule has 1 aliphatic heterocycles. The molecule has 38 heavy (non-hydrogen) atoms. The molecule has 0 spiro atoms. The molecule has 1 aliphatic carbocycles. The van der Waals surface area contributed by atoms with E-state index in [4.69, 9.17) is 4.74 Å². The maximum atomic E-state index is 13.5. The SMILES string of the molecule is C[C@H](O)CN1c2cccc(-c3cccc(OC(F)(F)F)c3)c2OC[C@@H]1C1C=C(OC(F)(F)C(F)F)C=CC1. The summed E-state index contributed by atoms with van der Waals surface area (Å²) in [6.07, 6.45) is -9.94. The van der Waals surface area contributed by atoms with Gasteiger partial charge in [0.05, 0.1) is 17.8 Å². The number of benzene rings is 2. The van der Waals surface area contributed by atoms with E-state index in [0.29, 0.717) is 29.0 Å². The highest BCUT2D eigenvalue weighted by Gasteiger charge is 2.45. The monoisotopic (exact) mass is 547 g/mol. The highest BCUT2D eigenvalue weighted by molar-refractivity contribution is 5.80. The molecule has 5 nitrogen and oxygen atoms in total. The van der Waals surface area contributed by atoms with Crippen molar-refractivity contribution in [1.29, 1.82) is 0 Å². The van der Waals surface area contributed by atoms with Crippen molar-refractivity contribution in [2.24, 2.45) is 5.92 Å². The number of alkyl halides is 7. The van der Waals surface area contributed by atoms with Crippen molar-refractivity contribution in [3.63, 3.8) is 0 Å². The van der Waals surface area contributed by atoms with Crippen LogP contribution in [0.25, 0.3) is 11.1 Å². The summed E-state index contributed by atoms with van der Waals surface area (Å²) in [7, 11) is 0. The lowest BCUT2D eigenvalue weighted by Crippen LogP contribution is -2.50. The molecule has 0 amide bonds. The summed E-state index contributed by atoms with van der Waals surface area (Å²) in [6, 6.07) is 9.92. The molecule has 0 fully saturated rings. The molecular weight excluding hydrogens is 523 g/mol. The summed E-state index contributed by atoms with van der Waals surface area (Å²) in [5.41, 5.74) is 1.39. The van der Waals surface area contributed by atoms with Crippen LogP contribution in [-0.4, -0.2) is 49.3 Å². The molecule has 2 aliphatic rings. The average molecular weight is 547 g/mol. The molecule has 0 bridgehead atoms. The van der Waals surface area contributed by atoms with Crippen molar-refractivity contribution in [2.45, 2.75) is 44.4 Å². The number of rotatable bonds is 8. The van der Waals surface area contributed by atoms with Crippen molar-refractivity contribution in [3.8, 4) is 22.6 Å². The summed E-state index contributed by atoms with van der Waals surface area (Å²) in [5.74, 6) is -0.967. The highest BCUT2D eigenvalue weighted by Crippen LogP contribution is 2.45. The molecule has 1 N–H and O–H groups in total. The van der Waals surface area contributed by atoms with Crippen molar-refractivity contribution in [3.05, 3.63) is 66.5 Å². The lowest BCUT2D eigenvalue weighted by Gasteiger charge is -2.43. The zero-order valence-electron chi connectivity index (χ0n) is 20.0. The topological polar surface area (TPSA) is 51.2 Å². The van der Waals surface area contributed by atoms with Crippen molar-refractivity contribution in [1.82, 2.24) is 0 Å². The van der Waals surface area contributed by atoms with Gasteiger partial charge in [-0.05, 0) is 49.3 Å². The van der Waals surface area contributed by atoms with Crippen LogP contribution in [0.2, 0.25) is 0 Å². The van der Waals surface area contributed by atoms with E-state index in [1.807, 2.05) is 4.90 Å². The van der Waals surface area contributed by atoms with Gasteiger partial charge in [-0.25, -0.2) is 0 Å².